The number of ketones is 1. The molecule has 0 radical (unpaired) electrons. The summed E-state index contributed by atoms with van der Waals surface area (Å²) in [5, 5.41) is 9.08. The summed E-state index contributed by atoms with van der Waals surface area (Å²) >= 11 is 0. The van der Waals surface area contributed by atoms with E-state index in [2.05, 4.69) is 13.8 Å². The molecular formula is C10H16O2. The van der Waals surface area contributed by atoms with Gasteiger partial charge in [0.25, 0.3) is 0 Å². The van der Waals surface area contributed by atoms with Crippen molar-refractivity contribution in [2.45, 2.75) is 26.7 Å². The van der Waals surface area contributed by atoms with Gasteiger partial charge in [-0.3, -0.25) is 4.79 Å². The zero-order chi connectivity index (χ0) is 8.93. The average Bonchev–Trinajstić information content (AvgIpc) is 2.02. The highest BCUT2D eigenvalue weighted by molar-refractivity contribution is 5.84. The van der Waals surface area contributed by atoms with Crippen LogP contribution in [-0.4, -0.2) is 17.5 Å². The van der Waals surface area contributed by atoms with Gasteiger partial charge >= 0.3 is 0 Å². The Hall–Kier alpha value is -0.370. The molecule has 1 N–H and O–H groups in total. The summed E-state index contributed by atoms with van der Waals surface area (Å²) in [6, 6.07) is 0. The van der Waals surface area contributed by atoms with Crippen LogP contribution >= 0.6 is 0 Å². The molecule has 2 heteroatoms. The topological polar surface area (TPSA) is 37.3 Å². The van der Waals surface area contributed by atoms with Gasteiger partial charge in [0.05, 0.1) is 0 Å². The van der Waals surface area contributed by atoms with Crippen LogP contribution in [-0.2, 0) is 4.79 Å². The van der Waals surface area contributed by atoms with Gasteiger partial charge in [-0.25, -0.2) is 0 Å². The lowest BCUT2D eigenvalue weighted by Crippen LogP contribution is -2.57. The zero-order valence-corrected chi connectivity index (χ0v) is 7.71. The van der Waals surface area contributed by atoms with Crippen LogP contribution in [0, 0.1) is 23.2 Å². The maximum Gasteiger partial charge on any atom is 0.136 e. The van der Waals surface area contributed by atoms with E-state index in [0.717, 1.165) is 6.42 Å². The molecule has 0 heterocycles. The fourth-order valence-electron chi connectivity index (χ4n) is 3.04. The van der Waals surface area contributed by atoms with Crippen molar-refractivity contribution in [1.82, 2.24) is 0 Å². The van der Waals surface area contributed by atoms with Crippen LogP contribution in [0.3, 0.4) is 0 Å². The second-order valence-electron chi connectivity index (χ2n) is 4.83. The molecule has 0 saturated heterocycles. The third-order valence-corrected chi connectivity index (χ3v) is 4.00. The highest BCUT2D eigenvalue weighted by atomic mass is 16.3. The van der Waals surface area contributed by atoms with Crippen LogP contribution in [0.5, 0.6) is 0 Å². The minimum absolute atomic E-state index is 0.169. The van der Waals surface area contributed by atoms with Gasteiger partial charge in [0.1, 0.15) is 5.78 Å². The predicted molar refractivity (Wildman–Crippen MR) is 45.6 cm³/mol. The standard InChI is InChI=1S/C10H16O2/c1-10(2)7-4-8(10)9(12)3-6(7)5-11/h6-8,11H,3-5H2,1-2H3/t6-,7-,8+/m1/s1. The first-order chi connectivity index (χ1) is 5.57. The van der Waals surface area contributed by atoms with Crippen molar-refractivity contribution in [3.8, 4) is 0 Å². The van der Waals surface area contributed by atoms with Gasteiger partial charge < -0.3 is 5.11 Å². The van der Waals surface area contributed by atoms with E-state index >= 15 is 0 Å². The Morgan fingerprint density at radius 1 is 1.58 bits per heavy atom. The number of carbonyl (C=O) groups excluding carboxylic acids is 1. The van der Waals surface area contributed by atoms with Crippen LogP contribution < -0.4 is 0 Å². The number of Topliss-reactive ketones (excluding diaryl/α,β-unsaturated/α-hetero) is 1. The van der Waals surface area contributed by atoms with Gasteiger partial charge in [0.2, 0.25) is 0 Å². The summed E-state index contributed by atoms with van der Waals surface area (Å²) in [5.74, 6) is 1.51. The Labute approximate surface area is 73.0 Å². The second kappa shape index (κ2) is 2.32. The lowest BCUT2D eigenvalue weighted by molar-refractivity contribution is -0.160. The van der Waals surface area contributed by atoms with Crippen molar-refractivity contribution in [2.75, 3.05) is 6.61 Å². The van der Waals surface area contributed by atoms with Gasteiger partial charge in [-0.2, -0.15) is 0 Å². The number of fused-ring (bicyclic) bond motifs is 2. The molecule has 0 amide bonds. The van der Waals surface area contributed by atoms with Crippen molar-refractivity contribution in [3.05, 3.63) is 0 Å². The number of hydrogen-bond donors (Lipinski definition) is 1. The van der Waals surface area contributed by atoms with Crippen molar-refractivity contribution in [2.24, 2.45) is 23.2 Å². The summed E-state index contributed by atoms with van der Waals surface area (Å²) in [7, 11) is 0. The van der Waals surface area contributed by atoms with E-state index in [-0.39, 0.29) is 17.9 Å². The smallest absolute Gasteiger partial charge is 0.136 e. The maximum absolute atomic E-state index is 11.5. The lowest BCUT2D eigenvalue weighted by Gasteiger charge is -2.58. The van der Waals surface area contributed by atoms with Crippen molar-refractivity contribution < 1.29 is 9.90 Å². The van der Waals surface area contributed by atoms with E-state index in [0.29, 0.717) is 24.0 Å². The minimum Gasteiger partial charge on any atom is -0.396 e. The van der Waals surface area contributed by atoms with Crippen LogP contribution in [0.15, 0.2) is 0 Å². The Balaban J connectivity index is 2.21. The second-order valence-corrected chi connectivity index (χ2v) is 4.83. The Morgan fingerprint density at radius 3 is 2.67 bits per heavy atom. The van der Waals surface area contributed by atoms with E-state index in [1.807, 2.05) is 0 Å². The molecule has 68 valence electrons. The van der Waals surface area contributed by atoms with Crippen LogP contribution in [0.25, 0.3) is 0 Å². The highest BCUT2D eigenvalue weighted by Crippen LogP contribution is 2.59. The summed E-state index contributed by atoms with van der Waals surface area (Å²) in [5.41, 5.74) is 0.169. The number of carbonyl (C=O) groups is 1. The molecule has 0 aromatic rings. The molecule has 3 fully saturated rings. The highest BCUT2D eigenvalue weighted by Gasteiger charge is 2.57. The number of rotatable bonds is 1. The van der Waals surface area contributed by atoms with E-state index in [9.17, 15) is 4.79 Å². The lowest BCUT2D eigenvalue weighted by atomic mass is 9.45. The van der Waals surface area contributed by atoms with E-state index in [1.165, 1.54) is 0 Å². The van der Waals surface area contributed by atoms with E-state index < -0.39 is 0 Å². The first-order valence-electron chi connectivity index (χ1n) is 4.71. The van der Waals surface area contributed by atoms with Gasteiger partial charge in [0, 0.05) is 18.9 Å². The van der Waals surface area contributed by atoms with Crippen LogP contribution in [0.1, 0.15) is 26.7 Å². The average molecular weight is 168 g/mol. The predicted octanol–water partition coefficient (Wildman–Crippen LogP) is 1.23. The molecule has 2 bridgehead atoms. The monoisotopic (exact) mass is 168 g/mol. The molecule has 0 unspecified atom stereocenters. The molecule has 0 spiro atoms. The molecule has 3 aliphatic rings. The molecule has 0 aliphatic heterocycles. The van der Waals surface area contributed by atoms with Crippen molar-refractivity contribution >= 4 is 5.78 Å². The Kier molecular flexibility index (Phi) is 1.59. The molecular weight excluding hydrogens is 152 g/mol. The first kappa shape index (κ1) is 8.24. The summed E-state index contributed by atoms with van der Waals surface area (Å²) in [6.07, 6.45) is 1.65. The molecule has 3 aliphatic carbocycles. The summed E-state index contributed by atoms with van der Waals surface area (Å²) < 4.78 is 0. The Bertz CT molecular complexity index is 220. The van der Waals surface area contributed by atoms with E-state index in [4.69, 9.17) is 5.11 Å². The maximum atomic E-state index is 11.5. The van der Waals surface area contributed by atoms with Crippen LogP contribution in [0.2, 0.25) is 0 Å². The summed E-state index contributed by atoms with van der Waals surface area (Å²) in [6.45, 7) is 4.50. The molecule has 2 nitrogen and oxygen atoms in total. The van der Waals surface area contributed by atoms with Crippen molar-refractivity contribution in [1.29, 1.82) is 0 Å². The molecule has 0 aromatic carbocycles. The van der Waals surface area contributed by atoms with Gasteiger partial charge in [-0.05, 0) is 23.7 Å². The fraction of sp³-hybridized carbons (Fsp3) is 0.900. The SMILES string of the molecule is CC1(C)[C@@H]2C[C@H]1C(=O)C[C@@H]2CO. The molecule has 0 aromatic heterocycles. The van der Waals surface area contributed by atoms with E-state index in [1.54, 1.807) is 0 Å². The van der Waals surface area contributed by atoms with Crippen molar-refractivity contribution in [3.63, 3.8) is 0 Å². The molecule has 3 atom stereocenters. The molecule has 12 heavy (non-hydrogen) atoms. The number of aliphatic hydroxyl groups is 1. The molecule has 3 rings (SSSR count). The fourth-order valence-corrected chi connectivity index (χ4v) is 3.04. The minimum atomic E-state index is 0.169. The first-order valence-corrected chi connectivity index (χ1v) is 4.71. The number of aliphatic hydroxyl groups excluding tert-OH is 1. The largest absolute Gasteiger partial charge is 0.396 e. The summed E-state index contributed by atoms with van der Waals surface area (Å²) in [4.78, 5) is 11.5. The molecule has 3 saturated carbocycles. The van der Waals surface area contributed by atoms with Crippen LogP contribution in [0.4, 0.5) is 0 Å². The third-order valence-electron chi connectivity index (χ3n) is 4.00. The quantitative estimate of drug-likeness (QED) is 0.639. The van der Waals surface area contributed by atoms with Gasteiger partial charge in [0.15, 0.2) is 0 Å². The third kappa shape index (κ3) is 0.817. The Morgan fingerprint density at radius 2 is 2.25 bits per heavy atom. The normalized spacial score (nSPS) is 43.9. The van der Waals surface area contributed by atoms with Gasteiger partial charge in [-0.15, -0.1) is 0 Å². The number of hydrogen-bond acceptors (Lipinski definition) is 2. The zero-order valence-electron chi connectivity index (χ0n) is 7.71. The van der Waals surface area contributed by atoms with Gasteiger partial charge in [-0.1, -0.05) is 13.8 Å².